The summed E-state index contributed by atoms with van der Waals surface area (Å²) in [6, 6.07) is 18.4. The fraction of sp³-hybridized carbons (Fsp3) is 0.120. The van der Waals surface area contributed by atoms with Crippen LogP contribution in [0.15, 0.2) is 72.9 Å². The molecule has 3 aromatic rings. The number of pyridine rings is 1. The molecule has 0 atom stereocenters. The number of benzene rings is 2. The third-order valence-corrected chi connectivity index (χ3v) is 4.05. The van der Waals surface area contributed by atoms with E-state index in [9.17, 15) is 4.79 Å². The molecular weight excluding hydrogens is 376 g/mol. The molecule has 1 N–H and O–H groups in total. The maximum absolute atomic E-state index is 12.3. The third kappa shape index (κ3) is 5.98. The Labute approximate surface area is 176 Å². The maximum Gasteiger partial charge on any atom is 0.262 e. The maximum atomic E-state index is 12.3. The fourth-order valence-electron chi connectivity index (χ4n) is 2.69. The number of ether oxygens (including phenoxy) is 2. The molecular formula is C25H22N2O3. The van der Waals surface area contributed by atoms with Gasteiger partial charge in [0.2, 0.25) is 0 Å². The molecule has 0 bridgehead atoms. The van der Waals surface area contributed by atoms with Gasteiger partial charge in [0.25, 0.3) is 5.91 Å². The summed E-state index contributed by atoms with van der Waals surface area (Å²) in [7, 11) is 1.57. The van der Waals surface area contributed by atoms with Gasteiger partial charge in [0.15, 0.2) is 18.1 Å². The largest absolute Gasteiger partial charge is 0.493 e. The average Bonchev–Trinajstić information content (AvgIpc) is 2.78. The molecule has 0 radical (unpaired) electrons. The van der Waals surface area contributed by atoms with Gasteiger partial charge in [-0.05, 0) is 60.9 Å². The SMILES string of the molecule is C/C=C/c1ccc(OCC(=O)Nc2cccc(C#Cc3ccccn3)c2)c(OC)c1. The van der Waals surface area contributed by atoms with Gasteiger partial charge < -0.3 is 14.8 Å². The van der Waals surface area contributed by atoms with Crippen molar-refractivity contribution in [3.05, 3.63) is 89.8 Å². The number of nitrogens with zero attached hydrogens (tertiary/aromatic N) is 1. The highest BCUT2D eigenvalue weighted by molar-refractivity contribution is 5.92. The number of hydrogen-bond donors (Lipinski definition) is 1. The molecule has 0 unspecified atom stereocenters. The monoisotopic (exact) mass is 398 g/mol. The standard InChI is InChI=1S/C25H22N2O3/c1-3-7-19-12-14-23(24(17-19)29-2)30-18-25(28)27-22-10-6-8-20(16-22)11-13-21-9-4-5-15-26-21/h3-10,12,14-17H,18H2,1-2H3,(H,27,28)/b7-3+. The van der Waals surface area contributed by atoms with E-state index in [0.29, 0.717) is 22.9 Å². The van der Waals surface area contributed by atoms with Gasteiger partial charge in [-0.2, -0.15) is 0 Å². The highest BCUT2D eigenvalue weighted by Crippen LogP contribution is 2.28. The summed E-state index contributed by atoms with van der Waals surface area (Å²) in [5.41, 5.74) is 3.11. The molecule has 1 aromatic heterocycles. The highest BCUT2D eigenvalue weighted by Gasteiger charge is 2.09. The smallest absolute Gasteiger partial charge is 0.262 e. The fourth-order valence-corrected chi connectivity index (χ4v) is 2.69. The van der Waals surface area contributed by atoms with Gasteiger partial charge in [0.1, 0.15) is 5.69 Å². The molecule has 0 saturated carbocycles. The van der Waals surface area contributed by atoms with E-state index in [1.807, 2.05) is 61.5 Å². The van der Waals surface area contributed by atoms with E-state index >= 15 is 0 Å². The lowest BCUT2D eigenvalue weighted by Gasteiger charge is -2.11. The first-order valence-corrected chi connectivity index (χ1v) is 9.44. The predicted octanol–water partition coefficient (Wildman–Crippen LogP) is 4.54. The van der Waals surface area contributed by atoms with Gasteiger partial charge in [0.05, 0.1) is 7.11 Å². The quantitative estimate of drug-likeness (QED) is 0.619. The summed E-state index contributed by atoms with van der Waals surface area (Å²) in [6.45, 7) is 1.81. The van der Waals surface area contributed by atoms with E-state index in [1.165, 1.54) is 0 Å². The molecule has 0 saturated heterocycles. The van der Waals surface area contributed by atoms with Gasteiger partial charge in [-0.15, -0.1) is 0 Å². The number of rotatable bonds is 6. The lowest BCUT2D eigenvalue weighted by Crippen LogP contribution is -2.20. The van der Waals surface area contributed by atoms with E-state index in [1.54, 1.807) is 31.5 Å². The Kier molecular flexibility index (Phi) is 7.23. The van der Waals surface area contributed by atoms with E-state index in [0.717, 1.165) is 11.1 Å². The van der Waals surface area contributed by atoms with Crippen LogP contribution in [0.3, 0.4) is 0 Å². The number of allylic oxidation sites excluding steroid dienone is 1. The van der Waals surface area contributed by atoms with Crippen LogP contribution >= 0.6 is 0 Å². The first-order valence-electron chi connectivity index (χ1n) is 9.44. The van der Waals surface area contributed by atoms with Gasteiger partial charge in [-0.25, -0.2) is 4.98 Å². The Hall–Kier alpha value is -4.04. The van der Waals surface area contributed by atoms with Gasteiger partial charge in [0, 0.05) is 17.4 Å². The summed E-state index contributed by atoms with van der Waals surface area (Å²) >= 11 is 0. The zero-order valence-corrected chi connectivity index (χ0v) is 16.9. The van der Waals surface area contributed by atoms with Crippen molar-refractivity contribution >= 4 is 17.7 Å². The van der Waals surface area contributed by atoms with Crippen LogP contribution in [-0.2, 0) is 4.79 Å². The second kappa shape index (κ2) is 10.5. The van der Waals surface area contributed by atoms with Crippen LogP contribution in [0.5, 0.6) is 11.5 Å². The molecule has 150 valence electrons. The number of aromatic nitrogens is 1. The predicted molar refractivity (Wildman–Crippen MR) is 118 cm³/mol. The summed E-state index contributed by atoms with van der Waals surface area (Å²) in [5, 5.41) is 2.82. The van der Waals surface area contributed by atoms with Crippen LogP contribution in [0.2, 0.25) is 0 Å². The number of methoxy groups -OCH3 is 1. The van der Waals surface area contributed by atoms with Crippen LogP contribution < -0.4 is 14.8 Å². The van der Waals surface area contributed by atoms with Crippen LogP contribution in [0.25, 0.3) is 6.08 Å². The first kappa shape index (κ1) is 20.7. The second-order valence-electron chi connectivity index (χ2n) is 6.29. The second-order valence-corrected chi connectivity index (χ2v) is 6.29. The number of hydrogen-bond acceptors (Lipinski definition) is 4. The highest BCUT2D eigenvalue weighted by atomic mass is 16.5. The van der Waals surface area contributed by atoms with Crippen LogP contribution in [0.4, 0.5) is 5.69 Å². The molecule has 1 amide bonds. The number of carbonyl (C=O) groups excluding carboxylic acids is 1. The van der Waals surface area contributed by atoms with Gasteiger partial charge in [-0.1, -0.05) is 36.3 Å². The van der Waals surface area contributed by atoms with Crippen molar-refractivity contribution in [3.8, 4) is 23.3 Å². The minimum Gasteiger partial charge on any atom is -0.493 e. The van der Waals surface area contributed by atoms with E-state index < -0.39 is 0 Å². The van der Waals surface area contributed by atoms with Crippen LogP contribution in [0, 0.1) is 11.8 Å². The van der Waals surface area contributed by atoms with Crippen LogP contribution in [-0.4, -0.2) is 24.6 Å². The molecule has 0 aliphatic heterocycles. The van der Waals surface area contributed by atoms with E-state index in [2.05, 4.69) is 22.1 Å². The van der Waals surface area contributed by atoms with Crippen molar-refractivity contribution in [2.45, 2.75) is 6.92 Å². The summed E-state index contributed by atoms with van der Waals surface area (Å²) in [6.07, 6.45) is 5.60. The average molecular weight is 398 g/mol. The lowest BCUT2D eigenvalue weighted by atomic mass is 10.2. The van der Waals surface area contributed by atoms with Crippen molar-refractivity contribution in [2.75, 3.05) is 19.0 Å². The summed E-state index contributed by atoms with van der Waals surface area (Å²) < 4.78 is 11.0. The molecule has 2 aromatic carbocycles. The molecule has 5 heteroatoms. The molecule has 0 aliphatic carbocycles. The van der Waals surface area contributed by atoms with Crippen molar-refractivity contribution in [2.24, 2.45) is 0 Å². The topological polar surface area (TPSA) is 60.5 Å². The van der Waals surface area contributed by atoms with Crippen molar-refractivity contribution < 1.29 is 14.3 Å². The Bertz CT molecular complexity index is 1100. The molecule has 1 heterocycles. The van der Waals surface area contributed by atoms with Crippen molar-refractivity contribution in [1.29, 1.82) is 0 Å². The summed E-state index contributed by atoms with van der Waals surface area (Å²) in [4.78, 5) is 16.5. The van der Waals surface area contributed by atoms with Crippen molar-refractivity contribution in [3.63, 3.8) is 0 Å². The third-order valence-electron chi connectivity index (χ3n) is 4.05. The minimum atomic E-state index is -0.274. The van der Waals surface area contributed by atoms with Crippen LogP contribution in [0.1, 0.15) is 23.7 Å². The molecule has 0 spiro atoms. The Balaban J connectivity index is 1.61. The number of anilines is 1. The zero-order valence-electron chi connectivity index (χ0n) is 16.9. The normalized spacial score (nSPS) is 10.2. The molecule has 3 rings (SSSR count). The number of amides is 1. The number of nitrogens with one attached hydrogen (secondary N) is 1. The van der Waals surface area contributed by atoms with Crippen molar-refractivity contribution in [1.82, 2.24) is 4.98 Å². The molecule has 0 aliphatic rings. The van der Waals surface area contributed by atoms with E-state index in [4.69, 9.17) is 9.47 Å². The van der Waals surface area contributed by atoms with Gasteiger partial charge in [-0.3, -0.25) is 4.79 Å². The first-order chi connectivity index (χ1) is 14.7. The minimum absolute atomic E-state index is 0.136. The molecule has 5 nitrogen and oxygen atoms in total. The molecule has 0 fully saturated rings. The Morgan fingerprint density at radius 3 is 2.73 bits per heavy atom. The van der Waals surface area contributed by atoms with Gasteiger partial charge >= 0.3 is 0 Å². The zero-order chi connectivity index (χ0) is 21.2. The molecule has 30 heavy (non-hydrogen) atoms. The lowest BCUT2D eigenvalue weighted by molar-refractivity contribution is -0.118. The Morgan fingerprint density at radius 1 is 1.07 bits per heavy atom. The number of carbonyl (C=O) groups is 1. The summed E-state index contributed by atoms with van der Waals surface area (Å²) in [5.74, 6) is 6.85. The Morgan fingerprint density at radius 2 is 1.97 bits per heavy atom. The van der Waals surface area contributed by atoms with E-state index in [-0.39, 0.29) is 12.5 Å².